The number of amides is 1. The van der Waals surface area contributed by atoms with Crippen molar-refractivity contribution in [2.24, 2.45) is 0 Å². The Hall–Kier alpha value is -3.14. The molecule has 1 atom stereocenters. The number of nitrogens with zero attached hydrogens (tertiary/aromatic N) is 4. The number of hydrogen-bond donors (Lipinski definition) is 1. The molecule has 7 heteroatoms. The number of benzene rings is 1. The number of para-hydroxylation sites is 1. The van der Waals surface area contributed by atoms with Gasteiger partial charge in [-0.25, -0.2) is 0 Å². The van der Waals surface area contributed by atoms with Crippen LogP contribution in [0.3, 0.4) is 0 Å². The van der Waals surface area contributed by atoms with Crippen LogP contribution in [0.2, 0.25) is 0 Å². The van der Waals surface area contributed by atoms with Gasteiger partial charge in [0.25, 0.3) is 5.91 Å². The molecule has 1 amide bonds. The van der Waals surface area contributed by atoms with Gasteiger partial charge in [0, 0.05) is 19.1 Å². The Morgan fingerprint density at radius 2 is 2.19 bits per heavy atom. The molecule has 1 aromatic carbocycles. The molecule has 0 radical (unpaired) electrons. The molecule has 1 aliphatic rings. The lowest BCUT2D eigenvalue weighted by Gasteiger charge is -2.33. The van der Waals surface area contributed by atoms with Crippen molar-refractivity contribution in [2.45, 2.75) is 25.8 Å². The molecule has 0 bridgehead atoms. The number of carbonyl (C=O) groups is 1. The average Bonchev–Trinajstić information content (AvgIpc) is 2.67. The van der Waals surface area contributed by atoms with Crippen LogP contribution in [0.15, 0.2) is 36.4 Å². The number of anilines is 1. The average molecular weight is 351 g/mol. The van der Waals surface area contributed by atoms with E-state index < -0.39 is 0 Å². The van der Waals surface area contributed by atoms with E-state index >= 15 is 0 Å². The van der Waals surface area contributed by atoms with Gasteiger partial charge in [-0.1, -0.05) is 12.1 Å². The molecule has 7 nitrogen and oxygen atoms in total. The molecule has 3 rings (SSSR count). The lowest BCUT2D eigenvalue weighted by molar-refractivity contribution is -0.123. The number of carbonyl (C=O) groups excluding carboxylic acids is 1. The minimum atomic E-state index is -0.195. The van der Waals surface area contributed by atoms with E-state index in [0.717, 1.165) is 30.9 Å². The van der Waals surface area contributed by atoms with Crippen molar-refractivity contribution in [2.75, 3.05) is 24.6 Å². The maximum absolute atomic E-state index is 12.2. The molecule has 26 heavy (non-hydrogen) atoms. The number of hydrogen-bond acceptors (Lipinski definition) is 6. The number of aromatic nitrogens is 2. The molecule has 0 aliphatic carbocycles. The van der Waals surface area contributed by atoms with Gasteiger partial charge in [-0.3, -0.25) is 4.79 Å². The van der Waals surface area contributed by atoms with E-state index in [4.69, 9.17) is 10.00 Å². The van der Waals surface area contributed by atoms with E-state index in [1.54, 1.807) is 24.3 Å². The maximum Gasteiger partial charge on any atom is 0.258 e. The molecule has 0 saturated carbocycles. The van der Waals surface area contributed by atoms with E-state index in [9.17, 15) is 4.79 Å². The lowest BCUT2D eigenvalue weighted by atomic mass is 10.1. The van der Waals surface area contributed by atoms with E-state index in [0.29, 0.717) is 17.9 Å². The normalized spacial score (nSPS) is 16.6. The van der Waals surface area contributed by atoms with Crippen LogP contribution < -0.4 is 15.0 Å². The summed E-state index contributed by atoms with van der Waals surface area (Å²) in [6.45, 7) is 3.38. The highest BCUT2D eigenvalue weighted by atomic mass is 16.5. The number of rotatable bonds is 5. The van der Waals surface area contributed by atoms with Crippen LogP contribution in [-0.2, 0) is 4.79 Å². The summed E-state index contributed by atoms with van der Waals surface area (Å²) < 4.78 is 5.49. The summed E-state index contributed by atoms with van der Waals surface area (Å²) >= 11 is 0. The Kier molecular flexibility index (Phi) is 5.64. The molecule has 1 aliphatic heterocycles. The van der Waals surface area contributed by atoms with Gasteiger partial charge >= 0.3 is 0 Å². The second kappa shape index (κ2) is 8.30. The fourth-order valence-electron chi connectivity index (χ4n) is 2.96. The molecular weight excluding hydrogens is 330 g/mol. The van der Waals surface area contributed by atoms with E-state index in [1.165, 1.54) is 0 Å². The Morgan fingerprint density at radius 3 is 2.96 bits per heavy atom. The van der Waals surface area contributed by atoms with Crippen molar-refractivity contribution < 1.29 is 9.53 Å². The summed E-state index contributed by atoms with van der Waals surface area (Å²) in [6.07, 6.45) is 1.88. The van der Waals surface area contributed by atoms with Crippen molar-refractivity contribution in [1.82, 2.24) is 15.5 Å². The second-order valence-electron chi connectivity index (χ2n) is 6.28. The zero-order valence-electron chi connectivity index (χ0n) is 14.7. The van der Waals surface area contributed by atoms with Crippen LogP contribution in [0.25, 0.3) is 0 Å². The smallest absolute Gasteiger partial charge is 0.258 e. The Bertz CT molecular complexity index is 800. The summed E-state index contributed by atoms with van der Waals surface area (Å²) in [7, 11) is 0. The molecule has 1 unspecified atom stereocenters. The number of aryl methyl sites for hydroxylation is 1. The summed E-state index contributed by atoms with van der Waals surface area (Å²) in [5.41, 5.74) is 1.30. The van der Waals surface area contributed by atoms with Crippen molar-refractivity contribution in [1.29, 1.82) is 5.26 Å². The molecule has 1 aromatic heterocycles. The standard InChI is InChI=1S/C19H21N5O2/c1-14-8-9-18(23-22-14)24-10-4-6-16(12-24)21-19(25)13-26-17-7-3-2-5-15(17)11-20/h2-3,5,7-9,16H,4,6,10,12-13H2,1H3,(H,21,25). The Balaban J connectivity index is 1.52. The predicted octanol–water partition coefficient (Wildman–Crippen LogP) is 1.82. The first kappa shape index (κ1) is 17.7. The minimum Gasteiger partial charge on any atom is -0.482 e. The van der Waals surface area contributed by atoms with Crippen molar-refractivity contribution in [3.8, 4) is 11.8 Å². The van der Waals surface area contributed by atoms with Crippen LogP contribution >= 0.6 is 0 Å². The number of ether oxygens (including phenoxy) is 1. The topological polar surface area (TPSA) is 91.1 Å². The number of nitriles is 1. The van der Waals surface area contributed by atoms with Crippen molar-refractivity contribution in [3.05, 3.63) is 47.7 Å². The Labute approximate surface area is 152 Å². The van der Waals surface area contributed by atoms with E-state index in [-0.39, 0.29) is 18.6 Å². The Morgan fingerprint density at radius 1 is 1.35 bits per heavy atom. The van der Waals surface area contributed by atoms with Crippen LogP contribution in [0.5, 0.6) is 5.75 Å². The zero-order chi connectivity index (χ0) is 18.4. The van der Waals surface area contributed by atoms with E-state index in [1.807, 2.05) is 19.1 Å². The molecule has 0 spiro atoms. The number of nitrogens with one attached hydrogen (secondary N) is 1. The summed E-state index contributed by atoms with van der Waals surface area (Å²) in [4.78, 5) is 14.3. The van der Waals surface area contributed by atoms with Crippen molar-refractivity contribution in [3.63, 3.8) is 0 Å². The first-order valence-electron chi connectivity index (χ1n) is 8.62. The van der Waals surface area contributed by atoms with Gasteiger partial charge in [-0.05, 0) is 44.0 Å². The first-order valence-corrected chi connectivity index (χ1v) is 8.62. The third-order valence-corrected chi connectivity index (χ3v) is 4.26. The molecule has 1 saturated heterocycles. The van der Waals surface area contributed by atoms with Gasteiger partial charge in [-0.15, -0.1) is 5.10 Å². The number of piperidine rings is 1. The minimum absolute atomic E-state index is 0.0363. The SMILES string of the molecule is Cc1ccc(N2CCCC(NC(=O)COc3ccccc3C#N)C2)nn1. The van der Waals surface area contributed by atoms with E-state index in [2.05, 4.69) is 26.5 Å². The fourth-order valence-corrected chi connectivity index (χ4v) is 2.96. The first-order chi connectivity index (χ1) is 12.7. The molecule has 1 N–H and O–H groups in total. The van der Waals surface area contributed by atoms with Gasteiger partial charge < -0.3 is 15.0 Å². The fraction of sp³-hybridized carbons (Fsp3) is 0.368. The molecule has 2 aromatic rings. The molecular formula is C19H21N5O2. The van der Waals surface area contributed by atoms with Crippen LogP contribution in [0, 0.1) is 18.3 Å². The predicted molar refractivity (Wildman–Crippen MR) is 96.8 cm³/mol. The second-order valence-corrected chi connectivity index (χ2v) is 6.28. The maximum atomic E-state index is 12.2. The van der Waals surface area contributed by atoms with Crippen molar-refractivity contribution >= 4 is 11.7 Å². The van der Waals surface area contributed by atoms with Gasteiger partial charge in [0.2, 0.25) is 0 Å². The monoisotopic (exact) mass is 351 g/mol. The van der Waals surface area contributed by atoms with Crippen LogP contribution in [0.1, 0.15) is 24.1 Å². The third-order valence-electron chi connectivity index (χ3n) is 4.26. The third kappa shape index (κ3) is 4.48. The van der Waals surface area contributed by atoms with Gasteiger partial charge in [-0.2, -0.15) is 10.4 Å². The van der Waals surface area contributed by atoms with Crippen LogP contribution in [0.4, 0.5) is 5.82 Å². The van der Waals surface area contributed by atoms with Crippen LogP contribution in [-0.4, -0.2) is 41.8 Å². The molecule has 2 heterocycles. The highest BCUT2D eigenvalue weighted by Crippen LogP contribution is 2.18. The van der Waals surface area contributed by atoms with Gasteiger partial charge in [0.15, 0.2) is 12.4 Å². The largest absolute Gasteiger partial charge is 0.482 e. The zero-order valence-corrected chi connectivity index (χ0v) is 14.7. The molecule has 1 fully saturated rings. The van der Waals surface area contributed by atoms with Gasteiger partial charge in [0.05, 0.1) is 11.3 Å². The lowest BCUT2D eigenvalue weighted by Crippen LogP contribution is -2.49. The summed E-state index contributed by atoms with van der Waals surface area (Å²) in [5.74, 6) is 1.05. The summed E-state index contributed by atoms with van der Waals surface area (Å²) in [5, 5.41) is 20.4. The quantitative estimate of drug-likeness (QED) is 0.883. The summed E-state index contributed by atoms with van der Waals surface area (Å²) in [6, 6.07) is 12.9. The molecule has 134 valence electrons. The highest BCUT2D eigenvalue weighted by Gasteiger charge is 2.22. The highest BCUT2D eigenvalue weighted by molar-refractivity contribution is 5.78. The van der Waals surface area contributed by atoms with Gasteiger partial charge in [0.1, 0.15) is 11.8 Å².